The van der Waals surface area contributed by atoms with Crippen molar-refractivity contribution in [2.24, 2.45) is 13.0 Å². The predicted molar refractivity (Wildman–Crippen MR) is 115 cm³/mol. The van der Waals surface area contributed by atoms with Crippen molar-refractivity contribution in [1.82, 2.24) is 19.3 Å². The first-order valence-corrected chi connectivity index (χ1v) is 11.4. The third kappa shape index (κ3) is 3.90. The molecular weight excluding hydrogens is 404 g/mol. The average Bonchev–Trinajstić information content (AvgIpc) is 3.36. The van der Waals surface area contributed by atoms with Crippen LogP contribution in [0.4, 0.5) is 4.79 Å². The van der Waals surface area contributed by atoms with E-state index in [1.54, 1.807) is 23.2 Å². The molecule has 2 saturated heterocycles. The van der Waals surface area contributed by atoms with E-state index in [4.69, 9.17) is 4.74 Å². The van der Waals surface area contributed by atoms with Crippen LogP contribution >= 0.6 is 11.3 Å². The largest absolute Gasteiger partial charge is 0.450 e. The molecule has 2 aromatic rings. The van der Waals surface area contributed by atoms with Crippen LogP contribution < -0.4 is 0 Å². The Labute approximate surface area is 180 Å². The molecule has 2 aliphatic rings. The van der Waals surface area contributed by atoms with Crippen molar-refractivity contribution in [1.29, 1.82) is 0 Å². The molecule has 4 rings (SSSR count). The molecule has 4 heterocycles. The Morgan fingerprint density at radius 3 is 2.33 bits per heavy atom. The highest BCUT2D eigenvalue weighted by molar-refractivity contribution is 7.17. The van der Waals surface area contributed by atoms with Crippen molar-refractivity contribution >= 4 is 39.5 Å². The van der Waals surface area contributed by atoms with Crippen LogP contribution in [-0.2, 0) is 16.6 Å². The van der Waals surface area contributed by atoms with Crippen LogP contribution in [0.25, 0.3) is 10.2 Å². The highest BCUT2D eigenvalue weighted by Crippen LogP contribution is 2.27. The zero-order valence-corrected chi connectivity index (χ0v) is 18.3. The second kappa shape index (κ2) is 8.67. The van der Waals surface area contributed by atoms with Crippen molar-refractivity contribution in [3.63, 3.8) is 0 Å². The van der Waals surface area contributed by atoms with E-state index in [1.165, 1.54) is 0 Å². The molecule has 2 aromatic heterocycles. The Bertz CT molecular complexity index is 936. The molecule has 0 spiro atoms. The van der Waals surface area contributed by atoms with E-state index < -0.39 is 0 Å². The molecule has 30 heavy (non-hydrogen) atoms. The molecule has 3 amide bonds. The van der Waals surface area contributed by atoms with E-state index in [0.717, 1.165) is 10.2 Å². The van der Waals surface area contributed by atoms with Crippen LogP contribution in [0.2, 0.25) is 0 Å². The smallest absolute Gasteiger partial charge is 0.409 e. The molecule has 8 nitrogen and oxygen atoms in total. The summed E-state index contributed by atoms with van der Waals surface area (Å²) in [6.45, 7) is 5.42. The number of aromatic nitrogens is 1. The number of likely N-dealkylation sites (tertiary alicyclic amines) is 1. The van der Waals surface area contributed by atoms with Crippen LogP contribution in [0.15, 0.2) is 17.5 Å². The van der Waals surface area contributed by atoms with E-state index in [2.05, 4.69) is 0 Å². The number of piperidine rings is 1. The topological polar surface area (TPSA) is 75.1 Å². The van der Waals surface area contributed by atoms with Gasteiger partial charge in [0.1, 0.15) is 5.69 Å². The lowest BCUT2D eigenvalue weighted by Crippen LogP contribution is -2.53. The normalized spacial score (nSPS) is 18.1. The van der Waals surface area contributed by atoms with E-state index in [9.17, 15) is 14.4 Å². The van der Waals surface area contributed by atoms with Gasteiger partial charge in [0.05, 0.1) is 16.8 Å². The monoisotopic (exact) mass is 432 g/mol. The zero-order valence-electron chi connectivity index (χ0n) is 17.5. The molecule has 0 saturated carbocycles. The standard InChI is InChI=1S/C21H28N4O4S/c1-3-29-21(28)25-11-9-24(10-12-25)19(26)15-4-7-23(8-5-15)20(27)17-14-18-16(22(17)2)6-13-30-18/h6,13-15H,3-5,7-12H2,1-2H3. The summed E-state index contributed by atoms with van der Waals surface area (Å²) in [4.78, 5) is 43.1. The Morgan fingerprint density at radius 2 is 1.70 bits per heavy atom. The molecule has 162 valence electrons. The first kappa shape index (κ1) is 20.7. The molecule has 0 atom stereocenters. The first-order valence-electron chi connectivity index (χ1n) is 10.5. The number of piperazine rings is 1. The number of hydrogen-bond acceptors (Lipinski definition) is 5. The van der Waals surface area contributed by atoms with Crippen molar-refractivity contribution in [3.8, 4) is 0 Å². The summed E-state index contributed by atoms with van der Waals surface area (Å²) in [7, 11) is 1.93. The molecular formula is C21H28N4O4S. The Kier molecular flexibility index (Phi) is 5.99. The van der Waals surface area contributed by atoms with Crippen LogP contribution in [0.3, 0.4) is 0 Å². The summed E-state index contributed by atoms with van der Waals surface area (Å²) in [5.74, 6) is 0.125. The number of fused-ring (bicyclic) bond motifs is 1. The van der Waals surface area contributed by atoms with Gasteiger partial charge in [-0.05, 0) is 37.3 Å². The van der Waals surface area contributed by atoms with E-state index in [-0.39, 0.29) is 23.8 Å². The van der Waals surface area contributed by atoms with Crippen LogP contribution in [-0.4, -0.2) is 83.0 Å². The Morgan fingerprint density at radius 1 is 1.03 bits per heavy atom. The highest BCUT2D eigenvalue weighted by Gasteiger charge is 2.33. The number of ether oxygens (including phenoxy) is 1. The van der Waals surface area contributed by atoms with E-state index >= 15 is 0 Å². The van der Waals surface area contributed by atoms with Gasteiger partial charge >= 0.3 is 6.09 Å². The fourth-order valence-electron chi connectivity index (χ4n) is 4.33. The molecule has 2 fully saturated rings. The van der Waals surface area contributed by atoms with Gasteiger partial charge in [-0.3, -0.25) is 9.59 Å². The fraction of sp³-hybridized carbons (Fsp3) is 0.571. The second-order valence-electron chi connectivity index (χ2n) is 7.84. The van der Waals surface area contributed by atoms with Crippen molar-refractivity contribution in [3.05, 3.63) is 23.2 Å². The maximum atomic E-state index is 13.0. The minimum absolute atomic E-state index is 0.0369. The first-order chi connectivity index (χ1) is 14.5. The molecule has 0 aromatic carbocycles. The van der Waals surface area contributed by atoms with Gasteiger partial charge in [0.25, 0.3) is 5.91 Å². The Balaban J connectivity index is 1.29. The number of rotatable bonds is 3. The SMILES string of the molecule is CCOC(=O)N1CCN(C(=O)C2CCN(C(=O)c3cc4sccc4n3C)CC2)CC1. The van der Waals surface area contributed by atoms with E-state index in [0.29, 0.717) is 64.4 Å². The predicted octanol–water partition coefficient (Wildman–Crippen LogP) is 2.39. The number of hydrogen-bond donors (Lipinski definition) is 0. The van der Waals surface area contributed by atoms with Crippen LogP contribution in [0.5, 0.6) is 0 Å². The van der Waals surface area contributed by atoms with Gasteiger partial charge in [0.2, 0.25) is 5.91 Å². The minimum Gasteiger partial charge on any atom is -0.450 e. The number of thiophene rings is 1. The van der Waals surface area contributed by atoms with Gasteiger partial charge < -0.3 is 24.0 Å². The molecule has 0 N–H and O–H groups in total. The molecule has 0 bridgehead atoms. The average molecular weight is 433 g/mol. The lowest BCUT2D eigenvalue weighted by Gasteiger charge is -2.38. The minimum atomic E-state index is -0.308. The number of nitrogens with zero attached hydrogens (tertiary/aromatic N) is 4. The molecule has 0 unspecified atom stereocenters. The number of carbonyl (C=O) groups is 3. The maximum absolute atomic E-state index is 13.0. The third-order valence-corrected chi connectivity index (χ3v) is 6.98. The molecule has 2 aliphatic heterocycles. The van der Waals surface area contributed by atoms with Gasteiger partial charge in [0, 0.05) is 52.2 Å². The molecule has 0 radical (unpaired) electrons. The molecule has 0 aliphatic carbocycles. The van der Waals surface area contributed by atoms with Gasteiger partial charge in [-0.2, -0.15) is 0 Å². The zero-order chi connectivity index (χ0) is 21.3. The summed E-state index contributed by atoms with van der Waals surface area (Å²) in [5.41, 5.74) is 1.78. The fourth-order valence-corrected chi connectivity index (χ4v) is 5.18. The van der Waals surface area contributed by atoms with Gasteiger partial charge in [-0.15, -0.1) is 11.3 Å². The van der Waals surface area contributed by atoms with Crippen molar-refractivity contribution in [2.45, 2.75) is 19.8 Å². The summed E-state index contributed by atoms with van der Waals surface area (Å²) in [6.07, 6.45) is 1.06. The van der Waals surface area contributed by atoms with Crippen LogP contribution in [0, 0.1) is 5.92 Å². The number of amides is 3. The quantitative estimate of drug-likeness (QED) is 0.746. The van der Waals surface area contributed by atoms with Crippen molar-refractivity contribution < 1.29 is 19.1 Å². The number of aryl methyl sites for hydroxylation is 1. The summed E-state index contributed by atoms with van der Waals surface area (Å²) in [5, 5.41) is 2.03. The summed E-state index contributed by atoms with van der Waals surface area (Å²) < 4.78 is 8.10. The number of carbonyl (C=O) groups excluding carboxylic acids is 3. The van der Waals surface area contributed by atoms with Gasteiger partial charge in [-0.1, -0.05) is 0 Å². The highest BCUT2D eigenvalue weighted by atomic mass is 32.1. The van der Waals surface area contributed by atoms with Crippen LogP contribution in [0.1, 0.15) is 30.3 Å². The molecule has 9 heteroatoms. The van der Waals surface area contributed by atoms with E-state index in [1.807, 2.05) is 38.9 Å². The summed E-state index contributed by atoms with van der Waals surface area (Å²) in [6, 6.07) is 3.99. The maximum Gasteiger partial charge on any atom is 0.409 e. The third-order valence-electron chi connectivity index (χ3n) is 6.13. The Hall–Kier alpha value is -2.55. The lowest BCUT2D eigenvalue weighted by molar-refractivity contribution is -0.138. The second-order valence-corrected chi connectivity index (χ2v) is 8.78. The van der Waals surface area contributed by atoms with Gasteiger partial charge in [0.15, 0.2) is 0 Å². The van der Waals surface area contributed by atoms with Gasteiger partial charge in [-0.25, -0.2) is 4.79 Å². The van der Waals surface area contributed by atoms with Crippen molar-refractivity contribution in [2.75, 3.05) is 45.9 Å². The summed E-state index contributed by atoms with van der Waals surface area (Å²) >= 11 is 1.64. The lowest BCUT2D eigenvalue weighted by atomic mass is 9.94.